The van der Waals surface area contributed by atoms with Gasteiger partial charge >= 0.3 is 11.9 Å². The van der Waals surface area contributed by atoms with E-state index >= 15 is 0 Å². The molecule has 0 saturated carbocycles. The Balaban J connectivity index is 2.64. The zero-order valence-corrected chi connectivity index (χ0v) is 12.6. The molecule has 0 heterocycles. The first-order valence-corrected chi connectivity index (χ1v) is 8.51. The average molecular weight is 331 g/mol. The van der Waals surface area contributed by atoms with Crippen LogP contribution in [0.2, 0.25) is 0 Å². The van der Waals surface area contributed by atoms with Gasteiger partial charge in [0, 0.05) is 12.6 Å². The van der Waals surface area contributed by atoms with Crippen molar-refractivity contribution in [1.29, 1.82) is 0 Å². The Bertz CT molecular complexity index is 590. The minimum Gasteiger partial charge on any atom is -0.506 e. The molecule has 1 aromatic rings. The minimum absolute atomic E-state index is 0.0943. The van der Waals surface area contributed by atoms with E-state index in [1.165, 1.54) is 12.1 Å². The van der Waals surface area contributed by atoms with E-state index < -0.39 is 37.7 Å². The maximum atomic E-state index is 12.1. The van der Waals surface area contributed by atoms with Crippen LogP contribution in [0.5, 0.6) is 5.75 Å². The molecular weight excluding hydrogens is 313 g/mol. The lowest BCUT2D eigenvalue weighted by Crippen LogP contribution is -2.21. The number of benzene rings is 1. The number of hydrogen-bond donors (Lipinski definition) is 5. The van der Waals surface area contributed by atoms with Crippen LogP contribution in [0.1, 0.15) is 12.8 Å². The standard InChI is InChI=1S/C13H18NO7P/c15-11-4-2-1-3-10(11)14-8-22(20,21)7-9(13(18)19)5-6-12(16)17/h1-4,9,14-15H,5-8H2,(H,16,17)(H,18,19)(H,20,21). The Morgan fingerprint density at radius 3 is 2.41 bits per heavy atom. The number of aromatic hydroxyl groups is 1. The third kappa shape index (κ3) is 6.15. The third-order valence-electron chi connectivity index (χ3n) is 2.98. The van der Waals surface area contributed by atoms with E-state index in [2.05, 4.69) is 5.32 Å². The van der Waals surface area contributed by atoms with Crippen LogP contribution in [-0.2, 0) is 14.2 Å². The van der Waals surface area contributed by atoms with Gasteiger partial charge in [0.2, 0.25) is 7.37 Å². The number of anilines is 1. The number of phenolic OH excluding ortho intramolecular Hbond substituents is 1. The molecule has 0 bridgehead atoms. The lowest BCUT2D eigenvalue weighted by Gasteiger charge is -2.18. The van der Waals surface area contributed by atoms with E-state index in [4.69, 9.17) is 10.2 Å². The van der Waals surface area contributed by atoms with E-state index in [0.717, 1.165) is 0 Å². The first-order valence-electron chi connectivity index (χ1n) is 6.48. The molecule has 0 spiro atoms. The number of nitrogens with one attached hydrogen (secondary N) is 1. The summed E-state index contributed by atoms with van der Waals surface area (Å²) in [6.07, 6.45) is -1.55. The molecule has 0 aliphatic heterocycles. The zero-order valence-electron chi connectivity index (χ0n) is 11.7. The molecule has 0 fully saturated rings. The van der Waals surface area contributed by atoms with Crippen LogP contribution in [0.25, 0.3) is 0 Å². The van der Waals surface area contributed by atoms with Crippen LogP contribution in [0, 0.1) is 5.92 Å². The predicted octanol–water partition coefficient (Wildman–Crippen LogP) is 1.60. The highest BCUT2D eigenvalue weighted by Gasteiger charge is 2.29. The summed E-state index contributed by atoms with van der Waals surface area (Å²) < 4.78 is 12.1. The SMILES string of the molecule is O=C(O)CCC(CP(=O)(O)CNc1ccccc1O)C(=O)O. The van der Waals surface area contributed by atoms with E-state index in [1.807, 2.05) is 0 Å². The van der Waals surface area contributed by atoms with Gasteiger partial charge in [0.05, 0.1) is 17.9 Å². The molecule has 0 aromatic heterocycles. The number of para-hydroxylation sites is 2. The van der Waals surface area contributed by atoms with E-state index in [9.17, 15) is 24.2 Å². The van der Waals surface area contributed by atoms with Crippen LogP contribution in [0.3, 0.4) is 0 Å². The minimum atomic E-state index is -3.84. The Morgan fingerprint density at radius 2 is 1.86 bits per heavy atom. The van der Waals surface area contributed by atoms with Crippen LogP contribution < -0.4 is 5.32 Å². The van der Waals surface area contributed by atoms with Crippen molar-refractivity contribution < 1.29 is 34.4 Å². The van der Waals surface area contributed by atoms with Crippen LogP contribution in [-0.4, -0.2) is 44.6 Å². The van der Waals surface area contributed by atoms with Gasteiger partial charge in [-0.1, -0.05) is 12.1 Å². The molecule has 0 aliphatic rings. The quantitative estimate of drug-likeness (QED) is 0.339. The molecule has 0 saturated heterocycles. The van der Waals surface area contributed by atoms with Crippen LogP contribution >= 0.6 is 7.37 Å². The highest BCUT2D eigenvalue weighted by atomic mass is 31.2. The van der Waals surface area contributed by atoms with Crippen molar-refractivity contribution in [3.63, 3.8) is 0 Å². The molecule has 2 atom stereocenters. The average Bonchev–Trinajstić information content (AvgIpc) is 2.42. The Hall–Kier alpha value is -2.05. The molecule has 8 nitrogen and oxygen atoms in total. The molecule has 1 aromatic carbocycles. The Morgan fingerprint density at radius 1 is 1.23 bits per heavy atom. The van der Waals surface area contributed by atoms with Gasteiger partial charge in [0.15, 0.2) is 0 Å². The molecule has 122 valence electrons. The second kappa shape index (κ2) is 7.82. The summed E-state index contributed by atoms with van der Waals surface area (Å²) in [5, 5.41) is 29.7. The second-order valence-corrected chi connectivity index (χ2v) is 7.22. The maximum Gasteiger partial charge on any atom is 0.307 e. The molecule has 0 aliphatic carbocycles. The highest BCUT2D eigenvalue weighted by Crippen LogP contribution is 2.43. The first kappa shape index (κ1) is 18.0. The van der Waals surface area contributed by atoms with Gasteiger partial charge in [0.1, 0.15) is 5.75 Å². The number of hydrogen-bond acceptors (Lipinski definition) is 5. The Kier molecular flexibility index (Phi) is 6.39. The zero-order chi connectivity index (χ0) is 16.8. The molecule has 5 N–H and O–H groups in total. The third-order valence-corrected chi connectivity index (χ3v) is 4.65. The summed E-state index contributed by atoms with van der Waals surface area (Å²) in [5.41, 5.74) is 0.259. The number of carboxylic acid groups (broad SMARTS) is 2. The second-order valence-electron chi connectivity index (χ2n) is 4.85. The number of carboxylic acids is 2. The van der Waals surface area contributed by atoms with Crippen molar-refractivity contribution in [2.24, 2.45) is 5.92 Å². The molecule has 0 radical (unpaired) electrons. The molecular formula is C13H18NO7P. The number of aliphatic carboxylic acids is 2. The summed E-state index contributed by atoms with van der Waals surface area (Å²) in [6.45, 7) is 0. The highest BCUT2D eigenvalue weighted by molar-refractivity contribution is 7.58. The van der Waals surface area contributed by atoms with Crippen molar-refractivity contribution in [2.75, 3.05) is 17.8 Å². The van der Waals surface area contributed by atoms with Crippen molar-refractivity contribution in [3.05, 3.63) is 24.3 Å². The van der Waals surface area contributed by atoms with E-state index in [-0.39, 0.29) is 24.3 Å². The van der Waals surface area contributed by atoms with Crippen LogP contribution in [0.15, 0.2) is 24.3 Å². The Labute approximate surface area is 126 Å². The van der Waals surface area contributed by atoms with Gasteiger partial charge in [-0.05, 0) is 18.6 Å². The van der Waals surface area contributed by atoms with Crippen molar-refractivity contribution in [1.82, 2.24) is 0 Å². The fourth-order valence-electron chi connectivity index (χ4n) is 1.83. The molecule has 0 amide bonds. The normalized spacial score (nSPS) is 14.8. The molecule has 2 unspecified atom stereocenters. The van der Waals surface area contributed by atoms with Gasteiger partial charge in [-0.15, -0.1) is 0 Å². The summed E-state index contributed by atoms with van der Waals surface area (Å²) in [5.74, 6) is -3.77. The van der Waals surface area contributed by atoms with E-state index in [0.29, 0.717) is 0 Å². The van der Waals surface area contributed by atoms with Crippen molar-refractivity contribution in [2.45, 2.75) is 12.8 Å². The smallest absolute Gasteiger partial charge is 0.307 e. The molecule has 22 heavy (non-hydrogen) atoms. The summed E-state index contributed by atoms with van der Waals surface area (Å²) >= 11 is 0. The molecule has 9 heteroatoms. The largest absolute Gasteiger partial charge is 0.506 e. The van der Waals surface area contributed by atoms with Gasteiger partial charge in [-0.25, -0.2) is 0 Å². The number of carbonyl (C=O) groups is 2. The fraction of sp³-hybridized carbons (Fsp3) is 0.385. The monoisotopic (exact) mass is 331 g/mol. The van der Waals surface area contributed by atoms with E-state index in [1.54, 1.807) is 12.1 Å². The lowest BCUT2D eigenvalue weighted by molar-refractivity contribution is -0.142. The van der Waals surface area contributed by atoms with Gasteiger partial charge in [-0.3, -0.25) is 14.2 Å². The fourth-order valence-corrected chi connectivity index (χ4v) is 3.41. The lowest BCUT2D eigenvalue weighted by atomic mass is 10.1. The van der Waals surface area contributed by atoms with Crippen molar-refractivity contribution in [3.8, 4) is 5.75 Å². The number of phenols is 1. The number of rotatable bonds is 9. The van der Waals surface area contributed by atoms with Crippen LogP contribution in [0.4, 0.5) is 5.69 Å². The topological polar surface area (TPSA) is 144 Å². The summed E-state index contributed by atoms with van der Waals surface area (Å²) in [6, 6.07) is 6.12. The van der Waals surface area contributed by atoms with Gasteiger partial charge in [0.25, 0.3) is 0 Å². The predicted molar refractivity (Wildman–Crippen MR) is 79.3 cm³/mol. The maximum absolute atomic E-state index is 12.1. The van der Waals surface area contributed by atoms with Crippen molar-refractivity contribution >= 4 is 25.0 Å². The first-order chi connectivity index (χ1) is 10.2. The molecule has 1 rings (SSSR count). The summed E-state index contributed by atoms with van der Waals surface area (Å²) in [4.78, 5) is 31.4. The summed E-state index contributed by atoms with van der Waals surface area (Å²) in [7, 11) is -3.84. The van der Waals surface area contributed by atoms with Gasteiger partial charge in [-0.2, -0.15) is 0 Å². The van der Waals surface area contributed by atoms with Gasteiger partial charge < -0.3 is 25.5 Å².